The highest BCUT2D eigenvalue weighted by atomic mass is 32.2. The van der Waals surface area contributed by atoms with Crippen molar-refractivity contribution in [3.05, 3.63) is 23.9 Å². The second-order valence-electron chi connectivity index (χ2n) is 6.83. The minimum atomic E-state index is -3.33. The van der Waals surface area contributed by atoms with Crippen molar-refractivity contribution in [2.24, 2.45) is 5.92 Å². The minimum absolute atomic E-state index is 0.145. The second-order valence-corrected chi connectivity index (χ2v) is 9.39. The van der Waals surface area contributed by atoms with Crippen LogP contribution in [0.5, 0.6) is 0 Å². The van der Waals surface area contributed by atoms with E-state index in [9.17, 15) is 13.2 Å². The predicted molar refractivity (Wildman–Crippen MR) is 98.5 cm³/mol. The molecule has 3 aliphatic heterocycles. The van der Waals surface area contributed by atoms with E-state index in [0.717, 1.165) is 48.8 Å². The number of nitrogens with zero attached hydrogens (tertiary/aromatic N) is 2. The highest BCUT2D eigenvalue weighted by molar-refractivity contribution is 7.92. The molecule has 134 valence electrons. The number of anilines is 1. The van der Waals surface area contributed by atoms with Crippen molar-refractivity contribution < 1.29 is 13.2 Å². The van der Waals surface area contributed by atoms with Crippen molar-refractivity contribution in [1.29, 1.82) is 0 Å². The monoisotopic (exact) mass is 380 g/mol. The third-order valence-electron chi connectivity index (χ3n) is 4.96. The Kier molecular flexibility index (Phi) is 4.17. The highest BCUT2D eigenvalue weighted by Crippen LogP contribution is 2.29. The summed E-state index contributed by atoms with van der Waals surface area (Å²) in [7, 11) is -3.33. The molecule has 1 aromatic carbocycles. The van der Waals surface area contributed by atoms with Crippen LogP contribution in [0.3, 0.4) is 0 Å². The van der Waals surface area contributed by atoms with Crippen LogP contribution in [-0.2, 0) is 10.0 Å². The molecule has 0 spiro atoms. The molecule has 3 aliphatic rings. The van der Waals surface area contributed by atoms with Gasteiger partial charge in [-0.2, -0.15) is 4.37 Å². The number of nitrogens with one attached hydrogen (secondary N) is 2. The van der Waals surface area contributed by atoms with Gasteiger partial charge in [-0.15, -0.1) is 0 Å². The molecule has 9 heteroatoms. The van der Waals surface area contributed by atoms with Crippen molar-refractivity contribution in [2.45, 2.75) is 18.9 Å². The number of rotatable bonds is 4. The molecule has 0 unspecified atom stereocenters. The van der Waals surface area contributed by atoms with Gasteiger partial charge in [-0.25, -0.2) is 8.42 Å². The Morgan fingerprint density at radius 3 is 2.72 bits per heavy atom. The van der Waals surface area contributed by atoms with Crippen molar-refractivity contribution in [2.75, 3.05) is 30.6 Å². The fraction of sp³-hybridized carbons (Fsp3) is 0.500. The van der Waals surface area contributed by atoms with E-state index in [4.69, 9.17) is 0 Å². The lowest BCUT2D eigenvalue weighted by Crippen LogP contribution is -2.57. The van der Waals surface area contributed by atoms with Gasteiger partial charge in [0.05, 0.1) is 11.0 Å². The maximum Gasteiger partial charge on any atom is 0.271 e. The zero-order valence-electron chi connectivity index (χ0n) is 13.9. The van der Waals surface area contributed by atoms with Gasteiger partial charge in [0.1, 0.15) is 5.69 Å². The molecule has 0 radical (unpaired) electrons. The van der Waals surface area contributed by atoms with Crippen LogP contribution in [0.15, 0.2) is 18.2 Å². The Balaban J connectivity index is 1.54. The highest BCUT2D eigenvalue weighted by Gasteiger charge is 2.35. The van der Waals surface area contributed by atoms with Crippen LogP contribution in [0.4, 0.5) is 5.69 Å². The first-order chi connectivity index (χ1) is 11.9. The number of aromatic nitrogens is 1. The van der Waals surface area contributed by atoms with Gasteiger partial charge in [0.25, 0.3) is 5.91 Å². The molecule has 0 saturated carbocycles. The predicted octanol–water partition coefficient (Wildman–Crippen LogP) is 1.49. The second kappa shape index (κ2) is 6.22. The number of carbonyl (C=O) groups is 1. The van der Waals surface area contributed by atoms with Gasteiger partial charge in [0.2, 0.25) is 10.0 Å². The molecule has 7 nitrogen and oxygen atoms in total. The molecule has 1 atom stereocenters. The van der Waals surface area contributed by atoms with Gasteiger partial charge in [0, 0.05) is 23.7 Å². The Labute approximate surface area is 150 Å². The topological polar surface area (TPSA) is 91.4 Å². The van der Waals surface area contributed by atoms with E-state index in [0.29, 0.717) is 17.3 Å². The summed E-state index contributed by atoms with van der Waals surface area (Å²) < 4.78 is 30.2. The van der Waals surface area contributed by atoms with E-state index in [1.54, 1.807) is 18.2 Å². The smallest absolute Gasteiger partial charge is 0.271 e. The molecular formula is C16H20N4O3S2. The first-order valence-corrected chi connectivity index (χ1v) is 11.0. The molecule has 3 saturated heterocycles. The molecule has 1 amide bonds. The van der Waals surface area contributed by atoms with E-state index >= 15 is 0 Å². The van der Waals surface area contributed by atoms with Crippen LogP contribution in [0.1, 0.15) is 23.3 Å². The van der Waals surface area contributed by atoms with E-state index in [1.165, 1.54) is 11.5 Å². The molecule has 2 aromatic rings. The summed E-state index contributed by atoms with van der Waals surface area (Å²) in [6.45, 7) is 3.18. The van der Waals surface area contributed by atoms with E-state index in [-0.39, 0.29) is 11.9 Å². The number of benzene rings is 1. The zero-order chi connectivity index (χ0) is 17.6. The lowest BCUT2D eigenvalue weighted by molar-refractivity contribution is 0.0619. The molecule has 2 N–H and O–H groups in total. The summed E-state index contributed by atoms with van der Waals surface area (Å²) in [5.74, 6) is 0.415. The van der Waals surface area contributed by atoms with Crippen LogP contribution in [-0.4, -0.2) is 55.5 Å². The van der Waals surface area contributed by atoms with Crippen LogP contribution in [0.25, 0.3) is 10.1 Å². The summed E-state index contributed by atoms with van der Waals surface area (Å²) in [6.07, 6.45) is 3.39. The summed E-state index contributed by atoms with van der Waals surface area (Å²) >= 11 is 1.20. The van der Waals surface area contributed by atoms with Gasteiger partial charge >= 0.3 is 0 Å². The van der Waals surface area contributed by atoms with Crippen LogP contribution in [0, 0.1) is 5.92 Å². The lowest BCUT2D eigenvalue weighted by Gasteiger charge is -2.44. The van der Waals surface area contributed by atoms with E-state index in [1.807, 2.05) is 0 Å². The van der Waals surface area contributed by atoms with Crippen LogP contribution < -0.4 is 10.0 Å². The molecule has 0 aliphatic carbocycles. The lowest BCUT2D eigenvalue weighted by atomic mass is 9.84. The van der Waals surface area contributed by atoms with E-state index in [2.05, 4.69) is 19.3 Å². The summed E-state index contributed by atoms with van der Waals surface area (Å²) in [5.41, 5.74) is 0.894. The summed E-state index contributed by atoms with van der Waals surface area (Å²) in [6, 6.07) is 5.30. The van der Waals surface area contributed by atoms with Crippen LogP contribution in [0.2, 0.25) is 0 Å². The molecule has 4 heterocycles. The van der Waals surface area contributed by atoms with Gasteiger partial charge in [-0.1, -0.05) is 0 Å². The molecule has 3 fully saturated rings. The summed E-state index contributed by atoms with van der Waals surface area (Å²) in [4.78, 5) is 15.1. The largest absolute Gasteiger partial charge is 0.346 e. The Morgan fingerprint density at radius 1 is 1.32 bits per heavy atom. The fourth-order valence-electron chi connectivity index (χ4n) is 3.74. The Morgan fingerprint density at radius 2 is 2.08 bits per heavy atom. The number of fused-ring (bicyclic) bond motifs is 4. The van der Waals surface area contributed by atoms with E-state index < -0.39 is 10.0 Å². The van der Waals surface area contributed by atoms with Gasteiger partial charge in [-0.05, 0) is 61.6 Å². The number of piperidine rings is 3. The first-order valence-electron chi connectivity index (χ1n) is 8.29. The number of amides is 1. The third kappa shape index (κ3) is 3.49. The van der Waals surface area contributed by atoms with Crippen molar-refractivity contribution in [3.8, 4) is 0 Å². The molecule has 5 rings (SSSR count). The Hall–Kier alpha value is -1.71. The third-order valence-corrected chi connectivity index (χ3v) is 6.38. The van der Waals surface area contributed by atoms with Gasteiger partial charge < -0.3 is 10.2 Å². The Bertz CT molecular complexity index is 917. The number of hydrogen-bond donors (Lipinski definition) is 2. The van der Waals surface area contributed by atoms with Crippen molar-refractivity contribution in [3.63, 3.8) is 0 Å². The fourth-order valence-corrected chi connectivity index (χ4v) is 5.11. The number of sulfonamides is 1. The van der Waals surface area contributed by atoms with Gasteiger partial charge in [0.15, 0.2) is 0 Å². The first kappa shape index (κ1) is 16.7. The average molecular weight is 380 g/mol. The number of hydrogen-bond acceptors (Lipinski definition) is 6. The van der Waals surface area contributed by atoms with Crippen molar-refractivity contribution >= 4 is 43.2 Å². The quantitative estimate of drug-likeness (QED) is 0.839. The normalized spacial score (nSPS) is 25.9. The minimum Gasteiger partial charge on any atom is -0.346 e. The standard InChI is InChI=1S/C16H20N4O3S2/c1-25(22,23)19-11-2-3-12-14(8-11)24-18-15(12)16(21)17-13-9-20-6-4-10(13)5-7-20/h2-3,8,10,13,19H,4-7,9H2,1H3,(H,17,21)/t13-/m0/s1. The van der Waals surface area contributed by atoms with Gasteiger partial charge in [-0.3, -0.25) is 9.52 Å². The summed E-state index contributed by atoms with van der Waals surface area (Å²) in [5, 5.41) is 3.90. The average Bonchev–Trinajstić information content (AvgIpc) is 2.97. The zero-order valence-corrected chi connectivity index (χ0v) is 15.5. The molecular weight excluding hydrogens is 360 g/mol. The SMILES string of the molecule is CS(=O)(=O)Nc1ccc2c(C(=O)N[C@H]3CN4CCC3CC4)nsc2c1. The maximum absolute atomic E-state index is 12.7. The molecule has 25 heavy (non-hydrogen) atoms. The van der Waals surface area contributed by atoms with Crippen molar-refractivity contribution in [1.82, 2.24) is 14.6 Å². The number of carbonyl (C=O) groups excluding carboxylic acids is 1. The maximum atomic E-state index is 12.7. The van der Waals surface area contributed by atoms with Crippen LogP contribution >= 0.6 is 11.5 Å². The molecule has 2 bridgehead atoms. The molecule has 1 aromatic heterocycles.